The lowest BCUT2D eigenvalue weighted by Gasteiger charge is -2.27. The number of benzene rings is 1. The molecule has 3 aromatic heterocycles. The van der Waals surface area contributed by atoms with Gasteiger partial charge in [0.05, 0.1) is 46.6 Å². The maximum Gasteiger partial charge on any atom is 0.237 e. The number of likely N-dealkylation sites (tertiary alicyclic amines) is 1. The Hall–Kier alpha value is -3.14. The summed E-state index contributed by atoms with van der Waals surface area (Å²) in [5.41, 5.74) is 4.11. The highest BCUT2D eigenvalue weighted by molar-refractivity contribution is 6.35. The number of nitrogens with one attached hydrogen (secondary N) is 2. The third kappa shape index (κ3) is 4.79. The SMILES string of the molecule is C[C@@H](Oc1ccc2[nH]nc(-c3nc4c([nH]3)CN(C(=O)CN3CCCCC3)C4)c2c1)c1c(Cl)cncc1Cl. The zero-order valence-electron chi connectivity index (χ0n) is 20.4. The Labute approximate surface area is 224 Å². The van der Waals surface area contributed by atoms with Gasteiger partial charge in [-0.25, -0.2) is 4.98 Å². The molecule has 6 rings (SSSR count). The van der Waals surface area contributed by atoms with Crippen molar-refractivity contribution < 1.29 is 9.53 Å². The van der Waals surface area contributed by atoms with Crippen LogP contribution in [0.4, 0.5) is 0 Å². The van der Waals surface area contributed by atoms with E-state index < -0.39 is 0 Å². The zero-order valence-corrected chi connectivity index (χ0v) is 21.9. The Bertz CT molecular complexity index is 1420. The smallest absolute Gasteiger partial charge is 0.237 e. The maximum atomic E-state index is 12.8. The molecule has 1 aromatic carbocycles. The Morgan fingerprint density at radius 1 is 1.14 bits per heavy atom. The van der Waals surface area contributed by atoms with E-state index in [1.807, 2.05) is 30.0 Å². The standard InChI is InChI=1S/C26H27Cl2N7O2/c1-15(24-18(27)10-29-11-19(24)28)37-16-5-6-20-17(9-16)25(33-32-20)26-30-21-12-35(13-22(21)31-26)23(36)14-34-7-3-2-4-8-34/h5-6,9-11,15H,2-4,7-8,12-14H2,1H3,(H,30,31)(H,32,33)/t15-/m1/s1. The molecule has 0 aliphatic carbocycles. The second-order valence-electron chi connectivity index (χ2n) is 9.65. The van der Waals surface area contributed by atoms with Crippen LogP contribution in [0.3, 0.4) is 0 Å². The molecule has 4 aromatic rings. The summed E-state index contributed by atoms with van der Waals surface area (Å²) in [7, 11) is 0. The number of aromatic amines is 2. The van der Waals surface area contributed by atoms with Crippen LogP contribution in [0.15, 0.2) is 30.6 Å². The molecule has 2 N–H and O–H groups in total. The van der Waals surface area contributed by atoms with E-state index in [1.54, 1.807) is 12.4 Å². The summed E-state index contributed by atoms with van der Waals surface area (Å²) in [5.74, 6) is 1.48. The predicted octanol–water partition coefficient (Wildman–Crippen LogP) is 5.12. The summed E-state index contributed by atoms with van der Waals surface area (Å²) in [4.78, 5) is 29.2. The highest BCUT2D eigenvalue weighted by Gasteiger charge is 2.29. The van der Waals surface area contributed by atoms with Crippen molar-refractivity contribution in [2.24, 2.45) is 0 Å². The highest BCUT2D eigenvalue weighted by Crippen LogP contribution is 2.35. The van der Waals surface area contributed by atoms with E-state index in [2.05, 4.69) is 25.1 Å². The molecule has 1 saturated heterocycles. The van der Waals surface area contributed by atoms with Crippen LogP contribution in [0, 0.1) is 0 Å². The van der Waals surface area contributed by atoms with Crippen molar-refractivity contribution in [3.63, 3.8) is 0 Å². The quantitative estimate of drug-likeness (QED) is 0.352. The van der Waals surface area contributed by atoms with Gasteiger partial charge in [0.2, 0.25) is 5.91 Å². The van der Waals surface area contributed by atoms with Crippen LogP contribution in [-0.2, 0) is 17.9 Å². The minimum absolute atomic E-state index is 0.158. The molecule has 5 heterocycles. The Morgan fingerprint density at radius 2 is 1.92 bits per heavy atom. The van der Waals surface area contributed by atoms with Crippen LogP contribution in [0.2, 0.25) is 10.0 Å². The van der Waals surface area contributed by atoms with E-state index in [1.165, 1.54) is 19.3 Å². The van der Waals surface area contributed by atoms with E-state index in [0.29, 0.717) is 52.5 Å². The first-order valence-electron chi connectivity index (χ1n) is 12.5. The fraction of sp³-hybridized carbons (Fsp3) is 0.385. The molecule has 9 nitrogen and oxygen atoms in total. The number of rotatable bonds is 6. The van der Waals surface area contributed by atoms with E-state index in [4.69, 9.17) is 32.9 Å². The number of piperidine rings is 1. The maximum absolute atomic E-state index is 12.8. The van der Waals surface area contributed by atoms with Crippen LogP contribution in [0.5, 0.6) is 5.75 Å². The highest BCUT2D eigenvalue weighted by atomic mass is 35.5. The van der Waals surface area contributed by atoms with Crippen molar-refractivity contribution in [1.29, 1.82) is 0 Å². The van der Waals surface area contributed by atoms with Crippen molar-refractivity contribution in [2.75, 3.05) is 19.6 Å². The van der Waals surface area contributed by atoms with Gasteiger partial charge in [-0.15, -0.1) is 0 Å². The van der Waals surface area contributed by atoms with Crippen molar-refractivity contribution in [1.82, 2.24) is 34.9 Å². The van der Waals surface area contributed by atoms with Gasteiger partial charge in [-0.2, -0.15) is 5.10 Å². The number of fused-ring (bicyclic) bond motifs is 2. The summed E-state index contributed by atoms with van der Waals surface area (Å²) in [6.45, 7) is 5.44. The summed E-state index contributed by atoms with van der Waals surface area (Å²) < 4.78 is 6.18. The van der Waals surface area contributed by atoms with Gasteiger partial charge in [-0.1, -0.05) is 29.6 Å². The molecule has 1 amide bonds. The van der Waals surface area contributed by atoms with E-state index in [9.17, 15) is 4.79 Å². The average Bonchev–Trinajstić information content (AvgIpc) is 3.57. The largest absolute Gasteiger partial charge is 0.486 e. The first-order valence-corrected chi connectivity index (χ1v) is 13.2. The van der Waals surface area contributed by atoms with E-state index in [-0.39, 0.29) is 12.0 Å². The molecule has 1 atom stereocenters. The molecule has 0 radical (unpaired) electrons. The number of carbonyl (C=O) groups is 1. The minimum atomic E-state index is -0.378. The topological polar surface area (TPSA) is 103 Å². The zero-order chi connectivity index (χ0) is 25.5. The second-order valence-corrected chi connectivity index (χ2v) is 10.5. The van der Waals surface area contributed by atoms with Gasteiger partial charge >= 0.3 is 0 Å². The number of imidazole rings is 1. The van der Waals surface area contributed by atoms with Gasteiger partial charge in [-0.05, 0) is 51.1 Å². The molecular weight excluding hydrogens is 513 g/mol. The number of hydrogen-bond donors (Lipinski definition) is 2. The number of H-pyrrole nitrogens is 2. The lowest BCUT2D eigenvalue weighted by Crippen LogP contribution is -2.40. The van der Waals surface area contributed by atoms with Gasteiger partial charge in [0.1, 0.15) is 17.5 Å². The van der Waals surface area contributed by atoms with Crippen molar-refractivity contribution >= 4 is 40.0 Å². The summed E-state index contributed by atoms with van der Waals surface area (Å²) in [6.07, 6.45) is 6.33. The molecule has 2 aliphatic rings. The van der Waals surface area contributed by atoms with Crippen LogP contribution >= 0.6 is 23.2 Å². The molecule has 11 heteroatoms. The summed E-state index contributed by atoms with van der Waals surface area (Å²) in [5, 5.41) is 9.36. The normalized spacial score (nSPS) is 16.8. The monoisotopic (exact) mass is 539 g/mol. The molecule has 1 fully saturated rings. The summed E-state index contributed by atoms with van der Waals surface area (Å²) in [6, 6.07) is 5.72. The molecule has 0 spiro atoms. The molecule has 0 bridgehead atoms. The lowest BCUT2D eigenvalue weighted by atomic mass is 10.1. The minimum Gasteiger partial charge on any atom is -0.486 e. The fourth-order valence-corrected chi connectivity index (χ4v) is 5.82. The van der Waals surface area contributed by atoms with Crippen molar-refractivity contribution in [2.45, 2.75) is 45.4 Å². The van der Waals surface area contributed by atoms with E-state index in [0.717, 1.165) is 35.4 Å². The Morgan fingerprint density at radius 3 is 2.68 bits per heavy atom. The van der Waals surface area contributed by atoms with Gasteiger partial charge in [0.25, 0.3) is 0 Å². The van der Waals surface area contributed by atoms with Crippen LogP contribution in [-0.4, -0.2) is 60.5 Å². The number of hydrogen-bond acceptors (Lipinski definition) is 6. The molecule has 0 unspecified atom stereocenters. The predicted molar refractivity (Wildman–Crippen MR) is 142 cm³/mol. The number of nitrogens with zero attached hydrogens (tertiary/aromatic N) is 5. The number of aromatic nitrogens is 5. The number of halogens is 2. The van der Waals surface area contributed by atoms with Gasteiger partial charge < -0.3 is 14.6 Å². The third-order valence-electron chi connectivity index (χ3n) is 7.08. The van der Waals surface area contributed by atoms with Gasteiger partial charge in [-0.3, -0.25) is 19.8 Å². The summed E-state index contributed by atoms with van der Waals surface area (Å²) >= 11 is 12.6. The average molecular weight is 540 g/mol. The fourth-order valence-electron chi connectivity index (χ4n) is 5.15. The van der Waals surface area contributed by atoms with Crippen LogP contribution in [0.1, 0.15) is 49.2 Å². The van der Waals surface area contributed by atoms with Crippen LogP contribution in [0.25, 0.3) is 22.4 Å². The van der Waals surface area contributed by atoms with Crippen LogP contribution < -0.4 is 4.74 Å². The number of carbonyl (C=O) groups excluding carboxylic acids is 1. The van der Waals surface area contributed by atoms with Crippen molar-refractivity contribution in [3.8, 4) is 17.3 Å². The van der Waals surface area contributed by atoms with Gasteiger partial charge in [0.15, 0.2) is 5.82 Å². The third-order valence-corrected chi connectivity index (χ3v) is 7.69. The second kappa shape index (κ2) is 9.96. The van der Waals surface area contributed by atoms with Crippen molar-refractivity contribution in [3.05, 3.63) is 57.6 Å². The molecule has 0 saturated carbocycles. The number of pyridine rings is 1. The van der Waals surface area contributed by atoms with Gasteiger partial charge in [0, 0.05) is 23.3 Å². The number of amides is 1. The lowest BCUT2D eigenvalue weighted by molar-refractivity contribution is -0.133. The van der Waals surface area contributed by atoms with E-state index >= 15 is 0 Å². The number of ether oxygens (including phenoxy) is 1. The molecule has 37 heavy (non-hydrogen) atoms. The first kappa shape index (κ1) is 24.2. The first-order chi connectivity index (χ1) is 18.0. The Kier molecular flexibility index (Phi) is 6.52. The molecular formula is C26H27Cl2N7O2. The Balaban J connectivity index is 1.18. The molecule has 192 valence electrons. The molecule has 2 aliphatic heterocycles.